The average Bonchev–Trinajstić information content (AvgIpc) is 2.14. The van der Waals surface area contributed by atoms with Crippen LogP contribution in [0.15, 0.2) is 17.8 Å². The highest BCUT2D eigenvalue weighted by Crippen LogP contribution is 2.25. The van der Waals surface area contributed by atoms with Crippen LogP contribution >= 0.6 is 11.8 Å². The van der Waals surface area contributed by atoms with Crippen LogP contribution in [0.25, 0.3) is 0 Å². The molecule has 5 heteroatoms. The topological polar surface area (TPSA) is 52.9 Å². The van der Waals surface area contributed by atoms with Crippen LogP contribution < -0.4 is 0 Å². The lowest BCUT2D eigenvalue weighted by atomic mass is 10.2. The first-order valence-corrected chi connectivity index (χ1v) is 5.14. The van der Waals surface area contributed by atoms with Crippen LogP contribution in [0.4, 0.5) is 0 Å². The maximum atomic E-state index is 11.7. The fourth-order valence-corrected chi connectivity index (χ4v) is 1.69. The molecule has 1 amide bonds. The minimum atomic E-state index is -0.538. The molecule has 0 spiro atoms. The Labute approximate surface area is 88.7 Å². The predicted molar refractivity (Wildman–Crippen MR) is 59.8 cm³/mol. The van der Waals surface area contributed by atoms with Crippen molar-refractivity contribution in [3.63, 3.8) is 0 Å². The van der Waals surface area contributed by atoms with Gasteiger partial charge in [-0.15, -0.1) is 18.3 Å². The molecular formula is C9H16N2O2S. The Kier molecular flexibility index (Phi) is 5.30. The van der Waals surface area contributed by atoms with Gasteiger partial charge < -0.3 is 10.1 Å². The Bertz CT molecular complexity index is 239. The molecule has 0 heterocycles. The molecule has 0 aliphatic heterocycles. The zero-order valence-corrected chi connectivity index (χ0v) is 9.54. The van der Waals surface area contributed by atoms with Crippen molar-refractivity contribution in [1.82, 2.24) is 4.90 Å². The van der Waals surface area contributed by atoms with Gasteiger partial charge in [0.1, 0.15) is 6.34 Å². The zero-order chi connectivity index (χ0) is 11.2. The summed E-state index contributed by atoms with van der Waals surface area (Å²) in [7, 11) is 1.55. The molecule has 4 nitrogen and oxygen atoms in total. The first-order chi connectivity index (χ1) is 6.45. The monoisotopic (exact) mass is 216 g/mol. The van der Waals surface area contributed by atoms with Crippen LogP contribution in [0, 0.1) is 0 Å². The van der Waals surface area contributed by atoms with Gasteiger partial charge in [0.25, 0.3) is 0 Å². The van der Waals surface area contributed by atoms with Crippen molar-refractivity contribution in [2.75, 3.05) is 12.8 Å². The van der Waals surface area contributed by atoms with Gasteiger partial charge in [0.2, 0.25) is 5.91 Å². The summed E-state index contributed by atoms with van der Waals surface area (Å²) >= 11 is 1.49. The van der Waals surface area contributed by atoms with E-state index in [1.807, 2.05) is 13.8 Å². The van der Waals surface area contributed by atoms with Crippen molar-refractivity contribution in [3.8, 4) is 0 Å². The van der Waals surface area contributed by atoms with E-state index in [1.54, 1.807) is 13.1 Å². The van der Waals surface area contributed by atoms with Gasteiger partial charge in [-0.2, -0.15) is 0 Å². The molecule has 0 fully saturated rings. The van der Waals surface area contributed by atoms with E-state index in [0.29, 0.717) is 5.75 Å². The van der Waals surface area contributed by atoms with Crippen molar-refractivity contribution in [3.05, 3.63) is 12.7 Å². The maximum Gasteiger partial charge on any atom is 0.243 e. The van der Waals surface area contributed by atoms with E-state index in [9.17, 15) is 4.79 Å². The molecule has 0 aliphatic rings. The van der Waals surface area contributed by atoms with Gasteiger partial charge in [0.05, 0.1) is 4.75 Å². The smallest absolute Gasteiger partial charge is 0.243 e. The second kappa shape index (κ2) is 5.70. The van der Waals surface area contributed by atoms with E-state index in [2.05, 4.69) is 11.7 Å². The van der Waals surface area contributed by atoms with Crippen LogP contribution in [0.3, 0.4) is 0 Å². The number of thioether (sulfide) groups is 1. The number of oxime groups is 1. The van der Waals surface area contributed by atoms with Crippen molar-refractivity contribution in [1.29, 1.82) is 0 Å². The van der Waals surface area contributed by atoms with Gasteiger partial charge in [-0.3, -0.25) is 4.79 Å². The van der Waals surface area contributed by atoms with E-state index in [4.69, 9.17) is 5.21 Å². The highest BCUT2D eigenvalue weighted by atomic mass is 32.2. The summed E-state index contributed by atoms with van der Waals surface area (Å²) in [6.07, 6.45) is 2.83. The van der Waals surface area contributed by atoms with E-state index >= 15 is 0 Å². The summed E-state index contributed by atoms with van der Waals surface area (Å²) in [4.78, 5) is 13.0. The summed E-state index contributed by atoms with van der Waals surface area (Å²) in [5.41, 5.74) is 0. The molecule has 0 aliphatic carbocycles. The molecule has 0 unspecified atom stereocenters. The summed E-state index contributed by atoms with van der Waals surface area (Å²) in [5, 5.41) is 11.1. The summed E-state index contributed by atoms with van der Waals surface area (Å²) in [5.74, 6) is 0.602. The molecule has 80 valence electrons. The zero-order valence-electron chi connectivity index (χ0n) is 8.73. The molecule has 0 bridgehead atoms. The predicted octanol–water partition coefficient (Wildman–Crippen LogP) is 1.56. The standard InChI is InChI=1S/C9H16N2O2S/c1-5-6-14-9(2,3)8(12)11(4)7-10-13/h5,7,13H,1,6H2,2-4H3. The summed E-state index contributed by atoms with van der Waals surface area (Å²) in [6, 6.07) is 0. The summed E-state index contributed by atoms with van der Waals surface area (Å²) < 4.78 is -0.538. The quantitative estimate of drug-likeness (QED) is 0.249. The molecule has 0 aromatic rings. The molecule has 1 N–H and O–H groups in total. The number of amides is 1. The molecule has 0 atom stereocenters. The third-order valence-corrected chi connectivity index (χ3v) is 2.92. The highest BCUT2D eigenvalue weighted by Gasteiger charge is 2.29. The van der Waals surface area contributed by atoms with Gasteiger partial charge in [-0.25, -0.2) is 0 Å². The minimum absolute atomic E-state index is 0.109. The van der Waals surface area contributed by atoms with Crippen LogP contribution in [0.1, 0.15) is 13.8 Å². The Morgan fingerprint density at radius 3 is 2.71 bits per heavy atom. The van der Waals surface area contributed by atoms with Crippen molar-refractivity contribution in [2.45, 2.75) is 18.6 Å². The van der Waals surface area contributed by atoms with E-state index in [-0.39, 0.29) is 5.91 Å². The van der Waals surface area contributed by atoms with Gasteiger partial charge in [0, 0.05) is 12.8 Å². The minimum Gasteiger partial charge on any atom is -0.410 e. The van der Waals surface area contributed by atoms with Gasteiger partial charge >= 0.3 is 0 Å². The summed E-state index contributed by atoms with van der Waals surface area (Å²) in [6.45, 7) is 7.24. The fraction of sp³-hybridized carbons (Fsp3) is 0.556. The molecule has 14 heavy (non-hydrogen) atoms. The lowest BCUT2D eigenvalue weighted by molar-refractivity contribution is -0.127. The average molecular weight is 216 g/mol. The molecule has 0 aromatic carbocycles. The van der Waals surface area contributed by atoms with Crippen molar-refractivity contribution >= 4 is 24.0 Å². The van der Waals surface area contributed by atoms with E-state index in [0.717, 1.165) is 6.34 Å². The van der Waals surface area contributed by atoms with Gasteiger partial charge in [-0.05, 0) is 13.8 Å². The molecular weight excluding hydrogens is 200 g/mol. The number of carbonyl (C=O) groups is 1. The van der Waals surface area contributed by atoms with Gasteiger partial charge in [-0.1, -0.05) is 11.2 Å². The normalized spacial score (nSPS) is 11.6. The number of hydrogen-bond donors (Lipinski definition) is 1. The maximum absolute atomic E-state index is 11.7. The molecule has 0 radical (unpaired) electrons. The largest absolute Gasteiger partial charge is 0.410 e. The van der Waals surface area contributed by atoms with Crippen molar-refractivity contribution in [2.24, 2.45) is 5.16 Å². The van der Waals surface area contributed by atoms with Crippen LogP contribution in [0.2, 0.25) is 0 Å². The molecule has 0 rings (SSSR count). The van der Waals surface area contributed by atoms with E-state index in [1.165, 1.54) is 16.7 Å². The van der Waals surface area contributed by atoms with Gasteiger partial charge in [0.15, 0.2) is 0 Å². The Morgan fingerprint density at radius 2 is 2.29 bits per heavy atom. The van der Waals surface area contributed by atoms with E-state index < -0.39 is 4.75 Å². The second-order valence-electron chi connectivity index (χ2n) is 3.26. The lowest BCUT2D eigenvalue weighted by Gasteiger charge is -2.25. The highest BCUT2D eigenvalue weighted by molar-refractivity contribution is 8.01. The SMILES string of the molecule is C=CCSC(C)(C)C(=O)N(C)C=NO. The Hall–Kier alpha value is -0.970. The van der Waals surface area contributed by atoms with Crippen LogP contribution in [-0.4, -0.2) is 39.9 Å². The number of hydrogen-bond acceptors (Lipinski definition) is 4. The van der Waals surface area contributed by atoms with Crippen LogP contribution in [-0.2, 0) is 4.79 Å². The van der Waals surface area contributed by atoms with Crippen LogP contribution in [0.5, 0.6) is 0 Å². The Balaban J connectivity index is 4.40. The Morgan fingerprint density at radius 1 is 1.71 bits per heavy atom. The third kappa shape index (κ3) is 3.83. The lowest BCUT2D eigenvalue weighted by Crippen LogP contribution is -2.40. The molecule has 0 saturated heterocycles. The molecule has 0 saturated carbocycles. The number of rotatable bonds is 5. The fourth-order valence-electron chi connectivity index (χ4n) is 0.884. The second-order valence-corrected chi connectivity index (χ2v) is 4.90. The van der Waals surface area contributed by atoms with Crippen molar-refractivity contribution < 1.29 is 10.0 Å². The first kappa shape index (κ1) is 13.0. The number of carbonyl (C=O) groups excluding carboxylic acids is 1. The number of nitrogens with zero attached hydrogens (tertiary/aromatic N) is 2. The third-order valence-electron chi connectivity index (χ3n) is 1.62. The first-order valence-electron chi connectivity index (χ1n) is 4.15. The molecule has 0 aromatic heterocycles.